The van der Waals surface area contributed by atoms with E-state index in [0.717, 1.165) is 12.3 Å². The van der Waals surface area contributed by atoms with Gasteiger partial charge in [-0.25, -0.2) is 0 Å². The molecule has 2 atom stereocenters. The van der Waals surface area contributed by atoms with E-state index in [4.69, 9.17) is 0 Å². The fourth-order valence-corrected chi connectivity index (χ4v) is 3.09. The molecule has 0 saturated heterocycles. The minimum atomic E-state index is -0.227. The Balaban J connectivity index is 1.89. The lowest BCUT2D eigenvalue weighted by atomic mass is 9.78. The van der Waals surface area contributed by atoms with E-state index in [0.29, 0.717) is 11.8 Å². The van der Waals surface area contributed by atoms with Crippen molar-refractivity contribution in [3.8, 4) is 0 Å². The van der Waals surface area contributed by atoms with Crippen molar-refractivity contribution in [3.63, 3.8) is 0 Å². The minimum Gasteiger partial charge on any atom is -0.389 e. The lowest BCUT2D eigenvalue weighted by molar-refractivity contribution is 0.0375. The van der Waals surface area contributed by atoms with Crippen molar-refractivity contribution in [3.05, 3.63) is 0 Å². The Morgan fingerprint density at radius 2 is 1.85 bits per heavy atom. The highest BCUT2D eigenvalue weighted by atomic mass is 16.3. The summed E-state index contributed by atoms with van der Waals surface area (Å²) in [6.07, 6.45) is 7.47. The first-order valence-electron chi connectivity index (χ1n) is 5.89. The molecular weight excluding hydrogens is 160 g/mol. The summed E-state index contributed by atoms with van der Waals surface area (Å²) in [7, 11) is 0. The Morgan fingerprint density at radius 1 is 1.23 bits per heavy atom. The Labute approximate surface area is 81.5 Å². The molecule has 0 spiro atoms. The molecule has 1 heteroatoms. The zero-order valence-electron chi connectivity index (χ0n) is 8.92. The minimum absolute atomic E-state index is 0.227. The maximum atomic E-state index is 10.3. The first kappa shape index (κ1) is 9.51. The van der Waals surface area contributed by atoms with Gasteiger partial charge in [-0.1, -0.05) is 33.1 Å². The fourth-order valence-electron chi connectivity index (χ4n) is 3.09. The van der Waals surface area contributed by atoms with Gasteiger partial charge in [-0.2, -0.15) is 0 Å². The van der Waals surface area contributed by atoms with Gasteiger partial charge in [0.1, 0.15) is 0 Å². The van der Waals surface area contributed by atoms with Crippen molar-refractivity contribution in [2.45, 2.75) is 58.0 Å². The molecule has 0 aliphatic heterocycles. The summed E-state index contributed by atoms with van der Waals surface area (Å²) in [5, 5.41) is 10.3. The molecule has 0 amide bonds. The zero-order chi connectivity index (χ0) is 9.47. The molecule has 13 heavy (non-hydrogen) atoms. The van der Waals surface area contributed by atoms with Crippen LogP contribution in [0.4, 0.5) is 0 Å². The standard InChI is InChI=1S/C12H22O/c1-3-10-8-12(10,13)11-6-4-9(2)5-7-11/h9-11,13H,3-8H2,1-2H3. The molecule has 2 saturated carbocycles. The van der Waals surface area contributed by atoms with Crippen LogP contribution in [-0.4, -0.2) is 10.7 Å². The van der Waals surface area contributed by atoms with Crippen LogP contribution in [0.5, 0.6) is 0 Å². The van der Waals surface area contributed by atoms with Crippen LogP contribution in [0.3, 0.4) is 0 Å². The Morgan fingerprint density at radius 3 is 2.31 bits per heavy atom. The van der Waals surface area contributed by atoms with Gasteiger partial charge in [0.2, 0.25) is 0 Å². The van der Waals surface area contributed by atoms with E-state index in [1.54, 1.807) is 0 Å². The smallest absolute Gasteiger partial charge is 0.0708 e. The highest BCUT2D eigenvalue weighted by Crippen LogP contribution is 2.55. The highest BCUT2D eigenvalue weighted by molar-refractivity contribution is 5.07. The van der Waals surface area contributed by atoms with Crippen LogP contribution in [0.1, 0.15) is 52.4 Å². The van der Waals surface area contributed by atoms with Gasteiger partial charge in [0.05, 0.1) is 5.60 Å². The lowest BCUT2D eigenvalue weighted by Gasteiger charge is -2.30. The van der Waals surface area contributed by atoms with E-state index in [9.17, 15) is 5.11 Å². The summed E-state index contributed by atoms with van der Waals surface area (Å²) >= 11 is 0. The monoisotopic (exact) mass is 182 g/mol. The molecule has 0 heterocycles. The second-order valence-electron chi connectivity index (χ2n) is 5.26. The van der Waals surface area contributed by atoms with E-state index in [2.05, 4.69) is 13.8 Å². The number of aliphatic hydroxyl groups is 1. The average molecular weight is 182 g/mol. The molecular formula is C12H22O. The first-order chi connectivity index (χ1) is 6.16. The van der Waals surface area contributed by atoms with Gasteiger partial charge in [-0.15, -0.1) is 0 Å². The Bertz CT molecular complexity index is 182. The molecule has 0 aromatic rings. The molecule has 2 aliphatic rings. The largest absolute Gasteiger partial charge is 0.389 e. The third-order valence-corrected chi connectivity index (χ3v) is 4.34. The fraction of sp³-hybridized carbons (Fsp3) is 1.00. The zero-order valence-corrected chi connectivity index (χ0v) is 8.92. The third-order valence-electron chi connectivity index (χ3n) is 4.34. The van der Waals surface area contributed by atoms with Gasteiger partial charge < -0.3 is 5.11 Å². The van der Waals surface area contributed by atoms with Crippen LogP contribution < -0.4 is 0 Å². The summed E-state index contributed by atoms with van der Waals surface area (Å²) in [4.78, 5) is 0. The Kier molecular flexibility index (Phi) is 2.39. The van der Waals surface area contributed by atoms with Gasteiger partial charge in [0.25, 0.3) is 0 Å². The number of hydrogen-bond donors (Lipinski definition) is 1. The van der Waals surface area contributed by atoms with Crippen LogP contribution in [0.15, 0.2) is 0 Å². The van der Waals surface area contributed by atoms with Crippen molar-refractivity contribution in [1.82, 2.24) is 0 Å². The van der Waals surface area contributed by atoms with Crippen LogP contribution in [0.25, 0.3) is 0 Å². The van der Waals surface area contributed by atoms with Crippen molar-refractivity contribution in [2.24, 2.45) is 17.8 Å². The van der Waals surface area contributed by atoms with Crippen LogP contribution in [0.2, 0.25) is 0 Å². The van der Waals surface area contributed by atoms with E-state index >= 15 is 0 Å². The molecule has 1 N–H and O–H groups in total. The molecule has 0 radical (unpaired) electrons. The van der Waals surface area contributed by atoms with Crippen LogP contribution >= 0.6 is 0 Å². The maximum absolute atomic E-state index is 10.3. The SMILES string of the molecule is CCC1CC1(O)C1CCC(C)CC1. The van der Waals surface area contributed by atoms with Crippen molar-refractivity contribution in [2.75, 3.05) is 0 Å². The van der Waals surface area contributed by atoms with E-state index in [1.165, 1.54) is 32.1 Å². The molecule has 2 fully saturated rings. The molecule has 1 nitrogen and oxygen atoms in total. The molecule has 0 aromatic carbocycles. The Hall–Kier alpha value is -0.0400. The molecule has 2 unspecified atom stereocenters. The van der Waals surface area contributed by atoms with Gasteiger partial charge in [-0.05, 0) is 37.0 Å². The average Bonchev–Trinajstić information content (AvgIpc) is 2.80. The number of rotatable bonds is 2. The molecule has 0 bridgehead atoms. The van der Waals surface area contributed by atoms with Gasteiger partial charge in [0, 0.05) is 0 Å². The van der Waals surface area contributed by atoms with Gasteiger partial charge in [0.15, 0.2) is 0 Å². The summed E-state index contributed by atoms with van der Waals surface area (Å²) in [5.41, 5.74) is -0.227. The summed E-state index contributed by atoms with van der Waals surface area (Å²) in [5.74, 6) is 2.17. The summed E-state index contributed by atoms with van der Waals surface area (Å²) < 4.78 is 0. The molecule has 2 aliphatic carbocycles. The van der Waals surface area contributed by atoms with Crippen molar-refractivity contribution >= 4 is 0 Å². The predicted molar refractivity (Wildman–Crippen MR) is 54.5 cm³/mol. The third kappa shape index (κ3) is 1.63. The van der Waals surface area contributed by atoms with Gasteiger partial charge in [-0.3, -0.25) is 0 Å². The quantitative estimate of drug-likeness (QED) is 0.696. The van der Waals surface area contributed by atoms with Crippen LogP contribution in [-0.2, 0) is 0 Å². The second kappa shape index (κ2) is 3.27. The van der Waals surface area contributed by atoms with Crippen molar-refractivity contribution < 1.29 is 5.11 Å². The van der Waals surface area contributed by atoms with E-state index < -0.39 is 0 Å². The summed E-state index contributed by atoms with van der Waals surface area (Å²) in [6, 6.07) is 0. The summed E-state index contributed by atoms with van der Waals surface area (Å²) in [6.45, 7) is 4.54. The molecule has 76 valence electrons. The maximum Gasteiger partial charge on any atom is 0.0708 e. The lowest BCUT2D eigenvalue weighted by Crippen LogP contribution is -2.28. The number of hydrogen-bond acceptors (Lipinski definition) is 1. The highest BCUT2D eigenvalue weighted by Gasteiger charge is 2.56. The van der Waals surface area contributed by atoms with Crippen LogP contribution in [0, 0.1) is 17.8 Å². The second-order valence-corrected chi connectivity index (χ2v) is 5.26. The first-order valence-corrected chi connectivity index (χ1v) is 5.89. The topological polar surface area (TPSA) is 20.2 Å². The van der Waals surface area contributed by atoms with E-state index in [-0.39, 0.29) is 5.60 Å². The predicted octanol–water partition coefficient (Wildman–Crippen LogP) is 2.97. The molecule has 0 aromatic heterocycles. The molecule has 2 rings (SSSR count). The van der Waals surface area contributed by atoms with E-state index in [1.807, 2.05) is 0 Å². The van der Waals surface area contributed by atoms with Crippen molar-refractivity contribution in [1.29, 1.82) is 0 Å². The van der Waals surface area contributed by atoms with Gasteiger partial charge >= 0.3 is 0 Å². The normalized spacial score (nSPS) is 50.5.